The van der Waals surface area contributed by atoms with Crippen LogP contribution in [0, 0.1) is 10.1 Å². The van der Waals surface area contributed by atoms with Crippen molar-refractivity contribution in [2.75, 3.05) is 5.73 Å². The summed E-state index contributed by atoms with van der Waals surface area (Å²) < 4.78 is 5.52. The second kappa shape index (κ2) is 5.36. The first-order chi connectivity index (χ1) is 9.10. The number of hydrogen-bond donors (Lipinski definition) is 2. The molecule has 0 saturated carbocycles. The normalized spacial score (nSPS) is 10.2. The third-order valence-electron chi connectivity index (χ3n) is 2.51. The number of anilines is 1. The largest absolute Gasteiger partial charge is 0.457 e. The Labute approximate surface area is 109 Å². The standard InChI is InChI=1S/C13H12N2O4/c14-12-7-11(4-5-13(12)15(17)18)19-10-3-1-2-9(6-10)8-16/h1-7,16H,8,14H2. The zero-order valence-electron chi connectivity index (χ0n) is 9.95. The van der Waals surface area contributed by atoms with Crippen molar-refractivity contribution in [3.8, 4) is 11.5 Å². The van der Waals surface area contributed by atoms with Gasteiger partial charge in [-0.3, -0.25) is 10.1 Å². The molecule has 3 N–H and O–H groups in total. The van der Waals surface area contributed by atoms with E-state index in [0.717, 1.165) is 0 Å². The quantitative estimate of drug-likeness (QED) is 0.499. The van der Waals surface area contributed by atoms with Crippen molar-refractivity contribution in [1.29, 1.82) is 0 Å². The molecule has 0 fully saturated rings. The summed E-state index contributed by atoms with van der Waals surface area (Å²) in [7, 11) is 0. The van der Waals surface area contributed by atoms with Crippen LogP contribution in [0.15, 0.2) is 42.5 Å². The molecule has 6 heteroatoms. The van der Waals surface area contributed by atoms with Gasteiger partial charge in [0.1, 0.15) is 17.2 Å². The van der Waals surface area contributed by atoms with Crippen LogP contribution in [0.2, 0.25) is 0 Å². The van der Waals surface area contributed by atoms with Crippen molar-refractivity contribution in [3.63, 3.8) is 0 Å². The molecule has 2 aromatic rings. The van der Waals surface area contributed by atoms with E-state index < -0.39 is 4.92 Å². The molecule has 0 saturated heterocycles. The number of aliphatic hydroxyl groups excluding tert-OH is 1. The summed E-state index contributed by atoms with van der Waals surface area (Å²) in [6.45, 7) is -0.0837. The summed E-state index contributed by atoms with van der Waals surface area (Å²) in [5.74, 6) is 0.929. The molecular formula is C13H12N2O4. The van der Waals surface area contributed by atoms with Gasteiger partial charge in [-0.05, 0) is 23.8 Å². The molecule has 0 unspecified atom stereocenters. The van der Waals surface area contributed by atoms with E-state index in [1.54, 1.807) is 24.3 Å². The van der Waals surface area contributed by atoms with Crippen LogP contribution in [0.25, 0.3) is 0 Å². The molecule has 0 aliphatic carbocycles. The molecule has 19 heavy (non-hydrogen) atoms. The van der Waals surface area contributed by atoms with Crippen LogP contribution in [0.1, 0.15) is 5.56 Å². The maximum absolute atomic E-state index is 10.6. The Morgan fingerprint density at radius 1 is 1.21 bits per heavy atom. The molecule has 6 nitrogen and oxygen atoms in total. The number of nitrogen functional groups attached to an aromatic ring is 1. The highest BCUT2D eigenvalue weighted by Gasteiger charge is 2.11. The lowest BCUT2D eigenvalue weighted by Gasteiger charge is -2.07. The Morgan fingerprint density at radius 2 is 1.95 bits per heavy atom. The predicted octanol–water partition coefficient (Wildman–Crippen LogP) is 2.46. The van der Waals surface area contributed by atoms with Crippen molar-refractivity contribution >= 4 is 11.4 Å². The van der Waals surface area contributed by atoms with Crippen LogP contribution in [-0.2, 0) is 6.61 Å². The molecule has 0 aromatic heterocycles. The van der Waals surface area contributed by atoms with E-state index in [-0.39, 0.29) is 18.0 Å². The third-order valence-corrected chi connectivity index (χ3v) is 2.51. The van der Waals surface area contributed by atoms with Crippen LogP contribution in [0.4, 0.5) is 11.4 Å². The van der Waals surface area contributed by atoms with Gasteiger partial charge in [0, 0.05) is 12.1 Å². The van der Waals surface area contributed by atoms with Crippen molar-refractivity contribution in [2.24, 2.45) is 0 Å². The minimum atomic E-state index is -0.550. The van der Waals surface area contributed by atoms with Gasteiger partial charge in [-0.15, -0.1) is 0 Å². The molecule has 0 aliphatic rings. The summed E-state index contributed by atoms with van der Waals surface area (Å²) in [6.07, 6.45) is 0. The van der Waals surface area contributed by atoms with E-state index in [9.17, 15) is 10.1 Å². The lowest BCUT2D eigenvalue weighted by molar-refractivity contribution is -0.383. The van der Waals surface area contributed by atoms with Gasteiger partial charge in [-0.1, -0.05) is 12.1 Å². The minimum absolute atomic E-state index is 0.0424. The second-order valence-electron chi connectivity index (χ2n) is 3.89. The molecule has 0 heterocycles. The zero-order valence-corrected chi connectivity index (χ0v) is 9.95. The van der Waals surface area contributed by atoms with E-state index in [2.05, 4.69) is 0 Å². The van der Waals surface area contributed by atoms with Crippen LogP contribution in [0.3, 0.4) is 0 Å². The number of benzene rings is 2. The smallest absolute Gasteiger partial charge is 0.292 e. The molecule has 0 spiro atoms. The molecule has 2 rings (SSSR count). The monoisotopic (exact) mass is 260 g/mol. The number of nitro groups is 1. The van der Waals surface area contributed by atoms with E-state index >= 15 is 0 Å². The molecule has 0 atom stereocenters. The number of nitrogens with zero attached hydrogens (tertiary/aromatic N) is 1. The van der Waals surface area contributed by atoms with Crippen molar-refractivity contribution in [1.82, 2.24) is 0 Å². The number of nitro benzene ring substituents is 1. The number of nitrogens with two attached hydrogens (primary N) is 1. The van der Waals surface area contributed by atoms with E-state index in [1.807, 2.05) is 0 Å². The lowest BCUT2D eigenvalue weighted by Crippen LogP contribution is -1.96. The van der Waals surface area contributed by atoms with Crippen LogP contribution < -0.4 is 10.5 Å². The Hall–Kier alpha value is -2.60. The van der Waals surface area contributed by atoms with Crippen LogP contribution >= 0.6 is 0 Å². The topological polar surface area (TPSA) is 98.6 Å². The zero-order chi connectivity index (χ0) is 13.8. The van der Waals surface area contributed by atoms with Crippen LogP contribution in [0.5, 0.6) is 11.5 Å². The van der Waals surface area contributed by atoms with Gasteiger partial charge in [-0.25, -0.2) is 0 Å². The third kappa shape index (κ3) is 2.99. The van der Waals surface area contributed by atoms with Gasteiger partial charge in [0.25, 0.3) is 5.69 Å². The van der Waals surface area contributed by atoms with Crippen molar-refractivity contribution in [3.05, 3.63) is 58.1 Å². The van der Waals surface area contributed by atoms with Crippen molar-refractivity contribution in [2.45, 2.75) is 6.61 Å². The molecule has 0 bridgehead atoms. The van der Waals surface area contributed by atoms with Gasteiger partial charge in [0.05, 0.1) is 11.5 Å². The second-order valence-corrected chi connectivity index (χ2v) is 3.89. The molecule has 0 amide bonds. The summed E-state index contributed by atoms with van der Waals surface area (Å²) in [6, 6.07) is 11.1. The van der Waals surface area contributed by atoms with E-state index in [0.29, 0.717) is 17.1 Å². The van der Waals surface area contributed by atoms with Crippen molar-refractivity contribution < 1.29 is 14.8 Å². The van der Waals surface area contributed by atoms with Gasteiger partial charge in [0.15, 0.2) is 0 Å². The Balaban J connectivity index is 2.23. The first-order valence-electron chi connectivity index (χ1n) is 5.51. The first-order valence-corrected chi connectivity index (χ1v) is 5.51. The minimum Gasteiger partial charge on any atom is -0.457 e. The fourth-order valence-corrected chi connectivity index (χ4v) is 1.61. The highest BCUT2D eigenvalue weighted by Crippen LogP contribution is 2.29. The predicted molar refractivity (Wildman–Crippen MR) is 69.9 cm³/mol. The highest BCUT2D eigenvalue weighted by molar-refractivity contribution is 5.61. The van der Waals surface area contributed by atoms with Gasteiger partial charge in [-0.2, -0.15) is 0 Å². The van der Waals surface area contributed by atoms with Gasteiger partial charge < -0.3 is 15.6 Å². The fraction of sp³-hybridized carbons (Fsp3) is 0.0769. The Kier molecular flexibility index (Phi) is 3.63. The number of aliphatic hydroxyl groups is 1. The van der Waals surface area contributed by atoms with Crippen LogP contribution in [-0.4, -0.2) is 10.0 Å². The first kappa shape index (κ1) is 12.8. The van der Waals surface area contributed by atoms with E-state index in [1.165, 1.54) is 18.2 Å². The summed E-state index contributed by atoms with van der Waals surface area (Å²) in [5, 5.41) is 19.7. The Morgan fingerprint density at radius 3 is 2.58 bits per heavy atom. The maximum Gasteiger partial charge on any atom is 0.292 e. The van der Waals surface area contributed by atoms with E-state index in [4.69, 9.17) is 15.6 Å². The molecule has 98 valence electrons. The number of ether oxygens (including phenoxy) is 1. The average Bonchev–Trinajstić information content (AvgIpc) is 2.38. The Bertz CT molecular complexity index is 613. The molecule has 2 aromatic carbocycles. The van der Waals surface area contributed by atoms with Gasteiger partial charge >= 0.3 is 0 Å². The fourth-order valence-electron chi connectivity index (χ4n) is 1.61. The number of hydrogen-bond acceptors (Lipinski definition) is 5. The average molecular weight is 260 g/mol. The summed E-state index contributed by atoms with van der Waals surface area (Å²) >= 11 is 0. The summed E-state index contributed by atoms with van der Waals surface area (Å²) in [4.78, 5) is 10.1. The number of rotatable bonds is 4. The summed E-state index contributed by atoms with van der Waals surface area (Å²) in [5.41, 5.74) is 6.17. The molecular weight excluding hydrogens is 248 g/mol. The molecule has 0 radical (unpaired) electrons. The lowest BCUT2D eigenvalue weighted by atomic mass is 10.2. The SMILES string of the molecule is Nc1cc(Oc2cccc(CO)c2)ccc1[N+](=O)[O-]. The van der Waals surface area contributed by atoms with Gasteiger partial charge in [0.2, 0.25) is 0 Å². The molecule has 0 aliphatic heterocycles. The maximum atomic E-state index is 10.6. The highest BCUT2D eigenvalue weighted by atomic mass is 16.6.